The van der Waals surface area contributed by atoms with E-state index in [2.05, 4.69) is 15.4 Å². The number of benzene rings is 2. The van der Waals surface area contributed by atoms with Gasteiger partial charge in [-0.15, -0.1) is 0 Å². The first-order valence-electron chi connectivity index (χ1n) is 9.20. The van der Waals surface area contributed by atoms with Crippen molar-refractivity contribution in [1.29, 1.82) is 0 Å². The van der Waals surface area contributed by atoms with E-state index in [1.54, 1.807) is 37.3 Å². The maximum atomic E-state index is 12.6. The van der Waals surface area contributed by atoms with Gasteiger partial charge in [0.05, 0.1) is 14.2 Å². The standard InChI is InChI=1S/C20H25N3O6S/c1-4-19(24)23-15-7-5-14(6-8-15)20(25)21-11-12-22-30(26,27)18-13-16(28-2)9-10-17(18)29-3/h5-10,13,22H,4,11-12H2,1-3H3,(H,21,25)(H,23,24). The fourth-order valence-electron chi connectivity index (χ4n) is 2.49. The maximum Gasteiger partial charge on any atom is 0.251 e. The zero-order valence-electron chi connectivity index (χ0n) is 17.0. The molecule has 2 aromatic carbocycles. The molecule has 0 aliphatic rings. The highest BCUT2D eigenvalue weighted by Gasteiger charge is 2.20. The number of carbonyl (C=O) groups excluding carboxylic acids is 2. The smallest absolute Gasteiger partial charge is 0.251 e. The van der Waals surface area contributed by atoms with E-state index in [4.69, 9.17) is 9.47 Å². The number of nitrogens with one attached hydrogen (secondary N) is 3. The number of sulfonamides is 1. The number of anilines is 1. The van der Waals surface area contributed by atoms with Crippen molar-refractivity contribution < 1.29 is 27.5 Å². The van der Waals surface area contributed by atoms with Crippen LogP contribution in [0.1, 0.15) is 23.7 Å². The summed E-state index contributed by atoms with van der Waals surface area (Å²) in [6.45, 7) is 1.81. The van der Waals surface area contributed by atoms with Crippen molar-refractivity contribution in [3.05, 3.63) is 48.0 Å². The third kappa shape index (κ3) is 6.19. The molecule has 0 unspecified atom stereocenters. The third-order valence-electron chi connectivity index (χ3n) is 4.11. The third-order valence-corrected chi connectivity index (χ3v) is 5.60. The minimum Gasteiger partial charge on any atom is -0.497 e. The Morgan fingerprint density at radius 3 is 2.27 bits per heavy atom. The van der Waals surface area contributed by atoms with Crippen LogP contribution in [0, 0.1) is 0 Å². The van der Waals surface area contributed by atoms with E-state index in [1.807, 2.05) is 0 Å². The molecule has 0 fully saturated rings. The van der Waals surface area contributed by atoms with Crippen molar-refractivity contribution in [1.82, 2.24) is 10.0 Å². The molecule has 0 aromatic heterocycles. The molecule has 0 atom stereocenters. The summed E-state index contributed by atoms with van der Waals surface area (Å²) < 4.78 is 37.7. The number of amides is 2. The van der Waals surface area contributed by atoms with E-state index in [0.29, 0.717) is 23.4 Å². The van der Waals surface area contributed by atoms with Gasteiger partial charge in [-0.1, -0.05) is 6.92 Å². The second-order valence-electron chi connectivity index (χ2n) is 6.15. The second kappa shape index (κ2) is 10.6. The topological polar surface area (TPSA) is 123 Å². The normalized spacial score (nSPS) is 10.9. The predicted molar refractivity (Wildman–Crippen MR) is 112 cm³/mol. The molecule has 0 bridgehead atoms. The molecule has 2 aromatic rings. The van der Waals surface area contributed by atoms with Gasteiger partial charge >= 0.3 is 0 Å². The average Bonchev–Trinajstić information content (AvgIpc) is 2.76. The van der Waals surface area contributed by atoms with Gasteiger partial charge in [-0.05, 0) is 36.4 Å². The molecular formula is C20H25N3O6S. The van der Waals surface area contributed by atoms with Crippen molar-refractivity contribution in [2.24, 2.45) is 0 Å². The minimum atomic E-state index is -3.86. The molecular weight excluding hydrogens is 410 g/mol. The van der Waals surface area contributed by atoms with E-state index < -0.39 is 10.0 Å². The van der Waals surface area contributed by atoms with Gasteiger partial charge in [-0.2, -0.15) is 0 Å². The van der Waals surface area contributed by atoms with Crippen LogP contribution in [0.4, 0.5) is 5.69 Å². The first-order chi connectivity index (χ1) is 14.3. The second-order valence-corrected chi connectivity index (χ2v) is 7.88. The summed E-state index contributed by atoms with van der Waals surface area (Å²) in [6.07, 6.45) is 0.361. The Kier molecular flexibility index (Phi) is 8.19. The van der Waals surface area contributed by atoms with Crippen LogP contribution < -0.4 is 24.8 Å². The van der Waals surface area contributed by atoms with Gasteiger partial charge in [0.1, 0.15) is 16.4 Å². The van der Waals surface area contributed by atoms with Crippen LogP contribution >= 0.6 is 0 Å². The fourth-order valence-corrected chi connectivity index (χ4v) is 3.70. The summed E-state index contributed by atoms with van der Waals surface area (Å²) in [5.74, 6) is 0.0827. The Hall–Kier alpha value is -3.11. The summed E-state index contributed by atoms with van der Waals surface area (Å²) in [4.78, 5) is 23.5. The van der Waals surface area contributed by atoms with Gasteiger partial charge in [-0.25, -0.2) is 13.1 Å². The fraction of sp³-hybridized carbons (Fsp3) is 0.300. The monoisotopic (exact) mass is 435 g/mol. The Labute approximate surface area is 175 Å². The molecule has 0 spiro atoms. The summed E-state index contributed by atoms with van der Waals surface area (Å²) >= 11 is 0. The Morgan fingerprint density at radius 1 is 0.967 bits per heavy atom. The van der Waals surface area contributed by atoms with Gasteiger partial charge in [0, 0.05) is 36.8 Å². The Bertz CT molecular complexity index is 990. The zero-order chi connectivity index (χ0) is 22.1. The van der Waals surface area contributed by atoms with Gasteiger partial charge in [0.25, 0.3) is 5.91 Å². The van der Waals surface area contributed by atoms with Gasteiger partial charge < -0.3 is 20.1 Å². The molecule has 0 saturated carbocycles. The molecule has 10 heteroatoms. The molecule has 3 N–H and O–H groups in total. The highest BCUT2D eigenvalue weighted by molar-refractivity contribution is 7.89. The number of methoxy groups -OCH3 is 2. The van der Waals surface area contributed by atoms with E-state index in [9.17, 15) is 18.0 Å². The molecule has 2 rings (SSSR count). The van der Waals surface area contributed by atoms with Crippen LogP contribution in [0.5, 0.6) is 11.5 Å². The quantitative estimate of drug-likeness (QED) is 0.489. The number of rotatable bonds is 10. The SMILES string of the molecule is CCC(=O)Nc1ccc(C(=O)NCCNS(=O)(=O)c2cc(OC)ccc2OC)cc1. The summed E-state index contributed by atoms with van der Waals surface area (Å²) in [5, 5.41) is 5.33. The molecule has 0 radical (unpaired) electrons. The average molecular weight is 436 g/mol. The molecule has 162 valence electrons. The van der Waals surface area contributed by atoms with Crippen LogP contribution in [0.3, 0.4) is 0 Å². The van der Waals surface area contributed by atoms with Crippen molar-refractivity contribution in [2.45, 2.75) is 18.2 Å². The molecule has 0 saturated heterocycles. The largest absolute Gasteiger partial charge is 0.497 e. The van der Waals surface area contributed by atoms with Crippen molar-refractivity contribution >= 4 is 27.5 Å². The maximum absolute atomic E-state index is 12.6. The van der Waals surface area contributed by atoms with Crippen LogP contribution in [-0.4, -0.2) is 47.5 Å². The summed E-state index contributed by atoms with van der Waals surface area (Å²) in [7, 11) is -1.05. The van der Waals surface area contributed by atoms with Crippen molar-refractivity contribution in [3.8, 4) is 11.5 Å². The highest BCUT2D eigenvalue weighted by atomic mass is 32.2. The van der Waals surface area contributed by atoms with Gasteiger partial charge in [-0.3, -0.25) is 9.59 Å². The summed E-state index contributed by atoms with van der Waals surface area (Å²) in [6, 6.07) is 10.9. The number of hydrogen-bond acceptors (Lipinski definition) is 6. The lowest BCUT2D eigenvalue weighted by atomic mass is 10.2. The van der Waals surface area contributed by atoms with E-state index in [1.165, 1.54) is 26.4 Å². The molecule has 2 amide bonds. The Balaban J connectivity index is 1.91. The van der Waals surface area contributed by atoms with Crippen LogP contribution in [0.25, 0.3) is 0 Å². The predicted octanol–water partition coefficient (Wildman–Crippen LogP) is 1.76. The number of ether oxygens (including phenoxy) is 2. The van der Waals surface area contributed by atoms with E-state index in [-0.39, 0.29) is 35.5 Å². The summed E-state index contributed by atoms with van der Waals surface area (Å²) in [5.41, 5.74) is 0.986. The van der Waals surface area contributed by atoms with Crippen molar-refractivity contribution in [2.75, 3.05) is 32.6 Å². The molecule has 30 heavy (non-hydrogen) atoms. The number of hydrogen-bond donors (Lipinski definition) is 3. The van der Waals surface area contributed by atoms with Gasteiger partial charge in [0.2, 0.25) is 15.9 Å². The molecule has 0 aliphatic heterocycles. The Morgan fingerprint density at radius 2 is 1.67 bits per heavy atom. The van der Waals surface area contributed by atoms with Gasteiger partial charge in [0.15, 0.2) is 0 Å². The van der Waals surface area contributed by atoms with Crippen LogP contribution in [-0.2, 0) is 14.8 Å². The van der Waals surface area contributed by atoms with Crippen LogP contribution in [0.15, 0.2) is 47.4 Å². The lowest BCUT2D eigenvalue weighted by Gasteiger charge is -2.12. The minimum absolute atomic E-state index is 0.0148. The van der Waals surface area contributed by atoms with E-state index >= 15 is 0 Å². The van der Waals surface area contributed by atoms with Crippen LogP contribution in [0.2, 0.25) is 0 Å². The lowest BCUT2D eigenvalue weighted by molar-refractivity contribution is -0.115. The highest BCUT2D eigenvalue weighted by Crippen LogP contribution is 2.27. The molecule has 0 heterocycles. The lowest BCUT2D eigenvalue weighted by Crippen LogP contribution is -2.34. The molecule has 0 aliphatic carbocycles. The zero-order valence-corrected chi connectivity index (χ0v) is 17.8. The number of carbonyl (C=O) groups is 2. The van der Waals surface area contributed by atoms with E-state index in [0.717, 1.165) is 0 Å². The van der Waals surface area contributed by atoms with Crippen molar-refractivity contribution in [3.63, 3.8) is 0 Å². The first-order valence-corrected chi connectivity index (χ1v) is 10.7. The first kappa shape index (κ1) is 23.2. The molecule has 9 nitrogen and oxygen atoms in total.